The van der Waals surface area contributed by atoms with Crippen LogP contribution in [0.3, 0.4) is 0 Å². The van der Waals surface area contributed by atoms with Gasteiger partial charge in [0.25, 0.3) is 0 Å². The van der Waals surface area contributed by atoms with Crippen molar-refractivity contribution in [3.8, 4) is 17.0 Å². The lowest BCUT2D eigenvalue weighted by atomic mass is 9.92. The van der Waals surface area contributed by atoms with E-state index >= 15 is 0 Å². The normalized spacial score (nSPS) is 15.2. The molecule has 0 saturated heterocycles. The molecule has 31 heavy (non-hydrogen) atoms. The predicted octanol–water partition coefficient (Wildman–Crippen LogP) is 6.40. The highest BCUT2D eigenvalue weighted by Gasteiger charge is 2.21. The van der Waals surface area contributed by atoms with Gasteiger partial charge in [0.1, 0.15) is 22.9 Å². The molecule has 5 nitrogen and oxygen atoms in total. The number of rotatable bonds is 5. The highest BCUT2D eigenvalue weighted by Crippen LogP contribution is 2.33. The summed E-state index contributed by atoms with van der Waals surface area (Å²) in [7, 11) is 0. The Balaban J connectivity index is 1.62. The van der Waals surface area contributed by atoms with E-state index in [9.17, 15) is 4.79 Å². The summed E-state index contributed by atoms with van der Waals surface area (Å²) in [4.78, 5) is 17.1. The van der Waals surface area contributed by atoms with Gasteiger partial charge in [-0.15, -0.1) is 0 Å². The van der Waals surface area contributed by atoms with E-state index in [1.54, 1.807) is 0 Å². The Morgan fingerprint density at radius 2 is 1.84 bits per heavy atom. The minimum absolute atomic E-state index is 0.0919. The van der Waals surface area contributed by atoms with Crippen LogP contribution in [0.15, 0.2) is 42.6 Å². The summed E-state index contributed by atoms with van der Waals surface area (Å²) in [5, 5.41) is 3.78. The smallest absolute Gasteiger partial charge is 0.311 e. The van der Waals surface area contributed by atoms with Crippen LogP contribution in [0, 0.1) is 12.3 Å². The lowest BCUT2D eigenvalue weighted by molar-refractivity contribution is -0.136. The van der Waals surface area contributed by atoms with E-state index in [1.165, 1.54) is 37.7 Å². The quantitative estimate of drug-likeness (QED) is 0.384. The Bertz CT molecular complexity index is 1050. The maximum absolute atomic E-state index is 12.2. The minimum atomic E-state index is -0.205. The van der Waals surface area contributed by atoms with Crippen molar-refractivity contribution < 1.29 is 9.53 Å². The average Bonchev–Trinajstić information content (AvgIpc) is 3.05. The Morgan fingerprint density at radius 1 is 1.13 bits per heavy atom. The fourth-order valence-corrected chi connectivity index (χ4v) is 4.21. The fourth-order valence-electron chi connectivity index (χ4n) is 4.21. The van der Waals surface area contributed by atoms with Gasteiger partial charge in [0.2, 0.25) is 0 Å². The number of pyridine rings is 1. The van der Waals surface area contributed by atoms with Gasteiger partial charge in [-0.1, -0.05) is 40.0 Å². The molecule has 4 rings (SSSR count). The summed E-state index contributed by atoms with van der Waals surface area (Å²) in [6.45, 7) is 8.18. The first-order valence-electron chi connectivity index (χ1n) is 11.3. The molecule has 0 aliphatic heterocycles. The standard InChI is InChI=1S/C26H33N3O2/c1-18-14-15-29-22(16-18)28-24(25(29)27-20-8-6-5-7-9-20)19-10-12-21(13-11-19)31-23(30)17-26(2,3)4/h10-16,20,27H,5-9,17H2,1-4H3. The Labute approximate surface area is 184 Å². The number of esters is 1. The SMILES string of the molecule is Cc1ccn2c(NC3CCCCC3)c(-c3ccc(OC(=O)CC(C)(C)C)cc3)nc2c1. The van der Waals surface area contributed by atoms with Crippen molar-refractivity contribution in [1.82, 2.24) is 9.38 Å². The third-order valence-electron chi connectivity index (χ3n) is 5.76. The second-order valence-electron chi connectivity index (χ2n) is 9.96. The van der Waals surface area contributed by atoms with E-state index < -0.39 is 0 Å². The molecule has 0 amide bonds. The lowest BCUT2D eigenvalue weighted by Crippen LogP contribution is -2.23. The molecule has 0 atom stereocenters. The number of hydrogen-bond acceptors (Lipinski definition) is 4. The first-order valence-corrected chi connectivity index (χ1v) is 11.3. The molecule has 0 unspecified atom stereocenters. The van der Waals surface area contributed by atoms with E-state index in [0.717, 1.165) is 22.7 Å². The largest absolute Gasteiger partial charge is 0.427 e. The number of imidazole rings is 1. The number of nitrogens with zero attached hydrogens (tertiary/aromatic N) is 2. The first-order chi connectivity index (χ1) is 14.8. The van der Waals surface area contributed by atoms with Crippen molar-refractivity contribution in [2.45, 2.75) is 72.3 Å². The molecular weight excluding hydrogens is 386 g/mol. The van der Waals surface area contributed by atoms with Crippen molar-refractivity contribution >= 4 is 17.4 Å². The van der Waals surface area contributed by atoms with Gasteiger partial charge >= 0.3 is 5.97 Å². The molecule has 0 bridgehead atoms. The fraction of sp³-hybridized carbons (Fsp3) is 0.462. The zero-order valence-electron chi connectivity index (χ0n) is 19.1. The number of nitrogens with one attached hydrogen (secondary N) is 1. The van der Waals surface area contributed by atoms with E-state index in [2.05, 4.69) is 35.0 Å². The van der Waals surface area contributed by atoms with Crippen LogP contribution in [0.2, 0.25) is 0 Å². The molecule has 0 spiro atoms. The summed E-state index contributed by atoms with van der Waals surface area (Å²) in [5.41, 5.74) is 3.98. The van der Waals surface area contributed by atoms with Crippen LogP contribution in [0.5, 0.6) is 5.75 Å². The molecule has 3 aromatic rings. The Morgan fingerprint density at radius 3 is 2.52 bits per heavy atom. The summed E-state index contributed by atoms with van der Waals surface area (Å²) < 4.78 is 7.67. The molecule has 1 aliphatic carbocycles. The van der Waals surface area contributed by atoms with Crippen molar-refractivity contribution in [2.24, 2.45) is 5.41 Å². The predicted molar refractivity (Wildman–Crippen MR) is 126 cm³/mol. The number of fused-ring (bicyclic) bond motifs is 1. The molecule has 164 valence electrons. The van der Waals surface area contributed by atoms with Gasteiger partial charge in [0.05, 0.1) is 6.42 Å². The van der Waals surface area contributed by atoms with Crippen LogP contribution < -0.4 is 10.1 Å². The molecule has 1 aliphatic rings. The summed E-state index contributed by atoms with van der Waals surface area (Å²) in [6.07, 6.45) is 8.75. The summed E-state index contributed by atoms with van der Waals surface area (Å²) in [5.74, 6) is 1.40. The van der Waals surface area contributed by atoms with Crippen LogP contribution in [-0.4, -0.2) is 21.4 Å². The topological polar surface area (TPSA) is 55.6 Å². The molecule has 1 saturated carbocycles. The number of ether oxygens (including phenoxy) is 1. The maximum Gasteiger partial charge on any atom is 0.311 e. The number of aryl methyl sites for hydroxylation is 1. The third kappa shape index (κ3) is 5.27. The van der Waals surface area contributed by atoms with Crippen LogP contribution in [-0.2, 0) is 4.79 Å². The summed E-state index contributed by atoms with van der Waals surface area (Å²) >= 11 is 0. The molecule has 2 aromatic heterocycles. The molecule has 1 N–H and O–H groups in total. The van der Waals surface area contributed by atoms with Crippen LogP contribution in [0.1, 0.15) is 64.9 Å². The zero-order chi connectivity index (χ0) is 22.0. The van der Waals surface area contributed by atoms with Crippen molar-refractivity contribution in [1.29, 1.82) is 0 Å². The van der Waals surface area contributed by atoms with E-state index in [4.69, 9.17) is 9.72 Å². The summed E-state index contributed by atoms with van der Waals surface area (Å²) in [6, 6.07) is 12.4. The van der Waals surface area contributed by atoms with Crippen molar-refractivity contribution in [3.63, 3.8) is 0 Å². The number of benzene rings is 1. The Kier molecular flexibility index (Phi) is 6.03. The molecule has 2 heterocycles. The molecule has 1 aromatic carbocycles. The molecule has 1 fully saturated rings. The van der Waals surface area contributed by atoms with Gasteiger partial charge in [-0.25, -0.2) is 4.98 Å². The molecular formula is C26H33N3O2. The van der Waals surface area contributed by atoms with Crippen molar-refractivity contribution in [2.75, 3.05) is 5.32 Å². The average molecular weight is 420 g/mol. The van der Waals surface area contributed by atoms with Gasteiger partial charge < -0.3 is 10.1 Å². The van der Waals surface area contributed by atoms with Crippen molar-refractivity contribution in [3.05, 3.63) is 48.2 Å². The molecule has 0 radical (unpaired) electrons. The Hall–Kier alpha value is -2.82. The first kappa shape index (κ1) is 21.4. The zero-order valence-corrected chi connectivity index (χ0v) is 19.1. The second kappa shape index (κ2) is 8.74. The minimum Gasteiger partial charge on any atom is -0.427 e. The monoisotopic (exact) mass is 419 g/mol. The van der Waals surface area contributed by atoms with Crippen LogP contribution in [0.4, 0.5) is 5.82 Å². The van der Waals surface area contributed by atoms with Gasteiger partial charge in [-0.3, -0.25) is 9.20 Å². The van der Waals surface area contributed by atoms with Gasteiger partial charge in [0.15, 0.2) is 0 Å². The van der Waals surface area contributed by atoms with E-state index in [-0.39, 0.29) is 11.4 Å². The second-order valence-corrected chi connectivity index (χ2v) is 9.96. The van der Waals surface area contributed by atoms with Crippen LogP contribution in [0.25, 0.3) is 16.9 Å². The van der Waals surface area contributed by atoms with E-state index in [1.807, 2.05) is 45.0 Å². The van der Waals surface area contributed by atoms with Gasteiger partial charge in [-0.2, -0.15) is 0 Å². The number of hydrogen-bond donors (Lipinski definition) is 1. The van der Waals surface area contributed by atoms with Gasteiger partial charge in [-0.05, 0) is 67.1 Å². The highest BCUT2D eigenvalue weighted by molar-refractivity contribution is 5.78. The number of carbonyl (C=O) groups excluding carboxylic acids is 1. The number of aromatic nitrogens is 2. The molecule has 5 heteroatoms. The highest BCUT2D eigenvalue weighted by atomic mass is 16.5. The lowest BCUT2D eigenvalue weighted by Gasteiger charge is -2.24. The number of anilines is 1. The van der Waals surface area contributed by atoms with E-state index in [0.29, 0.717) is 18.2 Å². The maximum atomic E-state index is 12.2. The van der Waals surface area contributed by atoms with Crippen LogP contribution >= 0.6 is 0 Å². The number of carbonyl (C=O) groups is 1. The third-order valence-corrected chi connectivity index (χ3v) is 5.76. The van der Waals surface area contributed by atoms with Gasteiger partial charge in [0, 0.05) is 17.8 Å².